The van der Waals surface area contributed by atoms with Crippen molar-refractivity contribution in [1.29, 1.82) is 0 Å². The summed E-state index contributed by atoms with van der Waals surface area (Å²) in [6.45, 7) is 0. The zero-order valence-electron chi connectivity index (χ0n) is 8.47. The van der Waals surface area contributed by atoms with Crippen LogP contribution in [0.4, 0.5) is 10.1 Å². The molecule has 0 radical (unpaired) electrons. The number of benzene rings is 1. The Balaban J connectivity index is 2.31. The largest absolute Gasteiger partial charge is 0.399 e. The summed E-state index contributed by atoms with van der Waals surface area (Å²) in [4.78, 5) is 3.69. The molecule has 1 aromatic heterocycles. The maximum atomic E-state index is 12.9. The maximum absolute atomic E-state index is 12.9. The van der Waals surface area contributed by atoms with Gasteiger partial charge in [-0.15, -0.1) is 0 Å². The molecule has 0 aliphatic carbocycles. The van der Waals surface area contributed by atoms with Gasteiger partial charge in [0.05, 0.1) is 6.20 Å². The molecule has 0 aliphatic rings. The smallest absolute Gasteiger partial charge is 0.141 e. The first-order chi connectivity index (χ1) is 7.66. The monoisotopic (exact) mass is 218 g/mol. The van der Waals surface area contributed by atoms with Crippen molar-refractivity contribution in [2.75, 3.05) is 5.73 Å². The van der Waals surface area contributed by atoms with E-state index in [4.69, 9.17) is 5.73 Å². The second-order valence-corrected chi connectivity index (χ2v) is 3.51. The van der Waals surface area contributed by atoms with Gasteiger partial charge in [-0.25, -0.2) is 4.39 Å². The number of aliphatic hydroxyl groups excluding tert-OH is 1. The van der Waals surface area contributed by atoms with Gasteiger partial charge in [-0.1, -0.05) is 12.1 Å². The van der Waals surface area contributed by atoms with Crippen LogP contribution in [0, 0.1) is 5.82 Å². The number of aromatic nitrogens is 1. The molecule has 16 heavy (non-hydrogen) atoms. The summed E-state index contributed by atoms with van der Waals surface area (Å²) in [5, 5.41) is 9.96. The molecule has 1 aromatic carbocycles. The molecule has 0 bridgehead atoms. The first-order valence-corrected chi connectivity index (χ1v) is 4.81. The summed E-state index contributed by atoms with van der Waals surface area (Å²) in [5.74, 6) is -0.466. The van der Waals surface area contributed by atoms with E-state index in [0.29, 0.717) is 16.8 Å². The molecule has 2 aromatic rings. The number of aliphatic hydroxyl groups is 1. The number of rotatable bonds is 2. The molecule has 0 amide bonds. The van der Waals surface area contributed by atoms with Gasteiger partial charge < -0.3 is 10.8 Å². The Morgan fingerprint density at radius 2 is 1.81 bits per heavy atom. The molecule has 0 spiro atoms. The number of nitrogens with two attached hydrogens (primary N) is 1. The van der Waals surface area contributed by atoms with Crippen LogP contribution >= 0.6 is 0 Å². The zero-order valence-corrected chi connectivity index (χ0v) is 8.47. The number of anilines is 1. The summed E-state index contributed by atoms with van der Waals surface area (Å²) >= 11 is 0. The van der Waals surface area contributed by atoms with Crippen LogP contribution in [0.15, 0.2) is 42.7 Å². The van der Waals surface area contributed by atoms with E-state index in [2.05, 4.69) is 4.98 Å². The molecule has 0 saturated heterocycles. The zero-order chi connectivity index (χ0) is 11.5. The van der Waals surface area contributed by atoms with Crippen molar-refractivity contribution in [2.24, 2.45) is 0 Å². The molecule has 3 nitrogen and oxygen atoms in total. The summed E-state index contributed by atoms with van der Waals surface area (Å²) in [7, 11) is 0. The van der Waals surface area contributed by atoms with Crippen LogP contribution in [0.1, 0.15) is 17.2 Å². The lowest BCUT2D eigenvalue weighted by Gasteiger charge is -2.11. The molecular formula is C12H11FN2O. The average molecular weight is 218 g/mol. The van der Waals surface area contributed by atoms with Crippen molar-refractivity contribution >= 4 is 5.69 Å². The minimum atomic E-state index is -0.885. The molecule has 0 saturated carbocycles. The molecule has 4 heteroatoms. The fourth-order valence-corrected chi connectivity index (χ4v) is 1.45. The molecule has 2 rings (SSSR count). The standard InChI is InChI=1S/C12H11FN2O/c13-10-5-9(6-15-7-10)12(16)8-1-3-11(14)4-2-8/h1-7,12,16H,14H2. The van der Waals surface area contributed by atoms with E-state index in [1.54, 1.807) is 24.3 Å². The number of nitrogens with zero attached hydrogens (tertiary/aromatic N) is 1. The highest BCUT2D eigenvalue weighted by molar-refractivity contribution is 5.41. The normalized spacial score (nSPS) is 12.4. The lowest BCUT2D eigenvalue weighted by Crippen LogP contribution is -2.01. The Morgan fingerprint density at radius 3 is 2.44 bits per heavy atom. The predicted molar refractivity (Wildman–Crippen MR) is 59.1 cm³/mol. The Bertz CT molecular complexity index is 485. The molecule has 1 unspecified atom stereocenters. The van der Waals surface area contributed by atoms with Crippen molar-refractivity contribution in [3.63, 3.8) is 0 Å². The van der Waals surface area contributed by atoms with Crippen molar-refractivity contribution in [3.8, 4) is 0 Å². The number of nitrogen functional groups attached to an aromatic ring is 1. The van der Waals surface area contributed by atoms with Crippen molar-refractivity contribution in [1.82, 2.24) is 4.98 Å². The van der Waals surface area contributed by atoms with Crippen LogP contribution in [-0.2, 0) is 0 Å². The van der Waals surface area contributed by atoms with Gasteiger partial charge in [0.15, 0.2) is 0 Å². The topological polar surface area (TPSA) is 59.1 Å². The quantitative estimate of drug-likeness (QED) is 0.757. The van der Waals surface area contributed by atoms with Crippen LogP contribution in [0.25, 0.3) is 0 Å². The van der Waals surface area contributed by atoms with E-state index in [9.17, 15) is 9.50 Å². The van der Waals surface area contributed by atoms with Crippen LogP contribution in [0.5, 0.6) is 0 Å². The van der Waals surface area contributed by atoms with E-state index in [0.717, 1.165) is 6.20 Å². The summed E-state index contributed by atoms with van der Waals surface area (Å²) < 4.78 is 12.9. The van der Waals surface area contributed by atoms with Crippen LogP contribution in [-0.4, -0.2) is 10.1 Å². The average Bonchev–Trinajstić information content (AvgIpc) is 2.29. The Hall–Kier alpha value is -1.94. The van der Waals surface area contributed by atoms with Gasteiger partial charge in [0.25, 0.3) is 0 Å². The fourth-order valence-electron chi connectivity index (χ4n) is 1.45. The SMILES string of the molecule is Nc1ccc(C(O)c2cncc(F)c2)cc1. The van der Waals surface area contributed by atoms with Gasteiger partial charge in [-0.3, -0.25) is 4.98 Å². The van der Waals surface area contributed by atoms with Crippen LogP contribution in [0.2, 0.25) is 0 Å². The van der Waals surface area contributed by atoms with Gasteiger partial charge in [0.2, 0.25) is 0 Å². The van der Waals surface area contributed by atoms with E-state index >= 15 is 0 Å². The lowest BCUT2D eigenvalue weighted by molar-refractivity contribution is 0.219. The van der Waals surface area contributed by atoms with E-state index in [-0.39, 0.29) is 0 Å². The van der Waals surface area contributed by atoms with Gasteiger partial charge in [-0.05, 0) is 23.8 Å². The van der Waals surface area contributed by atoms with E-state index < -0.39 is 11.9 Å². The van der Waals surface area contributed by atoms with E-state index in [1.165, 1.54) is 12.3 Å². The second-order valence-electron chi connectivity index (χ2n) is 3.51. The Morgan fingerprint density at radius 1 is 1.12 bits per heavy atom. The molecule has 0 fully saturated rings. The number of hydrogen-bond donors (Lipinski definition) is 2. The van der Waals surface area contributed by atoms with Crippen molar-refractivity contribution < 1.29 is 9.50 Å². The summed E-state index contributed by atoms with van der Waals surface area (Å²) in [5.41, 5.74) is 7.23. The van der Waals surface area contributed by atoms with Crippen molar-refractivity contribution in [3.05, 3.63) is 59.7 Å². The molecule has 1 atom stereocenters. The van der Waals surface area contributed by atoms with Gasteiger partial charge in [-0.2, -0.15) is 0 Å². The molecule has 3 N–H and O–H groups in total. The Labute approximate surface area is 92.4 Å². The van der Waals surface area contributed by atoms with Gasteiger partial charge in [0.1, 0.15) is 11.9 Å². The molecular weight excluding hydrogens is 207 g/mol. The second kappa shape index (κ2) is 4.28. The number of pyridine rings is 1. The lowest BCUT2D eigenvalue weighted by atomic mass is 10.0. The third kappa shape index (κ3) is 2.17. The minimum absolute atomic E-state index is 0.421. The first kappa shape index (κ1) is 10.6. The summed E-state index contributed by atoms with van der Waals surface area (Å²) in [6, 6.07) is 8.03. The van der Waals surface area contributed by atoms with Crippen molar-refractivity contribution in [2.45, 2.75) is 6.10 Å². The minimum Gasteiger partial charge on any atom is -0.399 e. The van der Waals surface area contributed by atoms with Gasteiger partial charge >= 0.3 is 0 Å². The van der Waals surface area contributed by atoms with Crippen LogP contribution in [0.3, 0.4) is 0 Å². The van der Waals surface area contributed by atoms with E-state index in [1.807, 2.05) is 0 Å². The fraction of sp³-hybridized carbons (Fsp3) is 0.0833. The number of hydrogen-bond acceptors (Lipinski definition) is 3. The van der Waals surface area contributed by atoms with Gasteiger partial charge in [0, 0.05) is 17.4 Å². The predicted octanol–water partition coefficient (Wildman–Crippen LogP) is 1.88. The first-order valence-electron chi connectivity index (χ1n) is 4.81. The number of halogens is 1. The Kier molecular flexibility index (Phi) is 2.83. The summed E-state index contributed by atoms with van der Waals surface area (Å²) in [6.07, 6.45) is 1.65. The highest BCUT2D eigenvalue weighted by atomic mass is 19.1. The third-order valence-electron chi connectivity index (χ3n) is 2.29. The third-order valence-corrected chi connectivity index (χ3v) is 2.29. The molecule has 82 valence electrons. The highest BCUT2D eigenvalue weighted by Gasteiger charge is 2.11. The molecule has 0 aliphatic heterocycles. The van der Waals surface area contributed by atoms with Crippen LogP contribution < -0.4 is 5.73 Å². The highest BCUT2D eigenvalue weighted by Crippen LogP contribution is 2.22. The molecule has 1 heterocycles. The maximum Gasteiger partial charge on any atom is 0.141 e.